The van der Waals surface area contributed by atoms with Crippen LogP contribution in [-0.2, 0) is 0 Å². The highest BCUT2D eigenvalue weighted by Gasteiger charge is 2.00. The molecule has 1 rings (SSSR count). The van der Waals surface area contributed by atoms with E-state index in [0.717, 1.165) is 5.56 Å². The van der Waals surface area contributed by atoms with Crippen LogP contribution in [0.1, 0.15) is 11.7 Å². The summed E-state index contributed by atoms with van der Waals surface area (Å²) in [7, 11) is 0. The highest BCUT2D eigenvalue weighted by Crippen LogP contribution is 2.15. The van der Waals surface area contributed by atoms with Gasteiger partial charge in [-0.15, -0.1) is 0 Å². The molecule has 14 heavy (non-hydrogen) atoms. The first-order chi connectivity index (χ1) is 6.63. The summed E-state index contributed by atoms with van der Waals surface area (Å²) in [6.07, 6.45) is -0.527. The number of benzene rings is 1. The number of hydrogen-bond donors (Lipinski definition) is 4. The maximum absolute atomic E-state index is 8.67. The van der Waals surface area contributed by atoms with Crippen LogP contribution in [0, 0.1) is 0 Å². The van der Waals surface area contributed by atoms with Crippen LogP contribution in [0.25, 0.3) is 0 Å². The van der Waals surface area contributed by atoms with Crippen LogP contribution in [0.4, 0.5) is 5.69 Å². The molecule has 0 heterocycles. The Bertz CT molecular complexity index is 335. The van der Waals surface area contributed by atoms with Gasteiger partial charge in [-0.25, -0.2) is 4.99 Å². The lowest BCUT2D eigenvalue weighted by atomic mass is 10.1. The van der Waals surface area contributed by atoms with Crippen LogP contribution in [0.15, 0.2) is 29.3 Å². The molecule has 0 fully saturated rings. The van der Waals surface area contributed by atoms with E-state index < -0.39 is 6.17 Å². The standard InChI is InChI=1S/C9H14N4O/c10-8(5-14)13-7-3-1-2-6(4-7)9(11)12/h1-4,9,14H,5,11-12H2,(H2,10,13). The van der Waals surface area contributed by atoms with Crippen LogP contribution in [0.2, 0.25) is 0 Å². The molecule has 0 aliphatic rings. The average molecular weight is 194 g/mol. The van der Waals surface area contributed by atoms with Gasteiger partial charge in [0.2, 0.25) is 0 Å². The van der Waals surface area contributed by atoms with Gasteiger partial charge in [-0.05, 0) is 17.7 Å². The summed E-state index contributed by atoms with van der Waals surface area (Å²) >= 11 is 0. The zero-order valence-electron chi connectivity index (χ0n) is 7.72. The second-order valence-electron chi connectivity index (χ2n) is 2.88. The Hall–Kier alpha value is -1.43. The maximum Gasteiger partial charge on any atom is 0.125 e. The second-order valence-corrected chi connectivity index (χ2v) is 2.88. The second kappa shape index (κ2) is 4.71. The van der Waals surface area contributed by atoms with E-state index >= 15 is 0 Å². The number of amidine groups is 1. The van der Waals surface area contributed by atoms with Crippen LogP contribution >= 0.6 is 0 Å². The molecule has 0 radical (unpaired) electrons. The summed E-state index contributed by atoms with van der Waals surface area (Å²) in [5.41, 5.74) is 17.8. The van der Waals surface area contributed by atoms with Crippen molar-refractivity contribution < 1.29 is 5.11 Å². The van der Waals surface area contributed by atoms with Gasteiger partial charge >= 0.3 is 0 Å². The Morgan fingerprint density at radius 2 is 2.14 bits per heavy atom. The molecule has 0 saturated carbocycles. The molecule has 7 N–H and O–H groups in total. The van der Waals surface area contributed by atoms with Crippen molar-refractivity contribution in [2.75, 3.05) is 6.61 Å². The third-order valence-electron chi connectivity index (χ3n) is 1.69. The predicted octanol–water partition coefficient (Wildman–Crippen LogP) is -0.416. The van der Waals surface area contributed by atoms with Crippen LogP contribution in [0.5, 0.6) is 0 Å². The van der Waals surface area contributed by atoms with E-state index in [1.807, 2.05) is 0 Å². The van der Waals surface area contributed by atoms with Crippen LogP contribution < -0.4 is 17.2 Å². The predicted molar refractivity (Wildman–Crippen MR) is 55.9 cm³/mol. The van der Waals surface area contributed by atoms with E-state index in [4.69, 9.17) is 22.3 Å². The minimum atomic E-state index is -0.527. The Morgan fingerprint density at radius 1 is 1.43 bits per heavy atom. The van der Waals surface area contributed by atoms with Gasteiger partial charge in [0.1, 0.15) is 12.4 Å². The highest BCUT2D eigenvalue weighted by atomic mass is 16.3. The third-order valence-corrected chi connectivity index (χ3v) is 1.69. The van der Waals surface area contributed by atoms with Gasteiger partial charge in [0.15, 0.2) is 0 Å². The van der Waals surface area contributed by atoms with Gasteiger partial charge in [0, 0.05) is 0 Å². The van der Waals surface area contributed by atoms with Gasteiger partial charge in [0.25, 0.3) is 0 Å². The molecule has 0 aliphatic carbocycles. The van der Waals surface area contributed by atoms with E-state index in [9.17, 15) is 0 Å². The quantitative estimate of drug-likeness (QED) is 0.297. The third kappa shape index (κ3) is 2.81. The molecule has 76 valence electrons. The van der Waals surface area contributed by atoms with Gasteiger partial charge in [-0.2, -0.15) is 0 Å². The molecule has 0 atom stereocenters. The summed E-state index contributed by atoms with van der Waals surface area (Å²) in [4.78, 5) is 3.95. The van der Waals surface area contributed by atoms with E-state index in [1.165, 1.54) is 0 Å². The number of hydrogen-bond acceptors (Lipinski definition) is 4. The first-order valence-electron chi connectivity index (χ1n) is 4.18. The Balaban J connectivity index is 2.94. The van der Waals surface area contributed by atoms with E-state index in [1.54, 1.807) is 24.3 Å². The molecule has 0 amide bonds. The molecule has 5 nitrogen and oxygen atoms in total. The fraction of sp³-hybridized carbons (Fsp3) is 0.222. The number of nitrogens with two attached hydrogens (primary N) is 3. The van der Waals surface area contributed by atoms with Crippen molar-refractivity contribution in [1.82, 2.24) is 0 Å². The summed E-state index contributed by atoms with van der Waals surface area (Å²) in [5, 5.41) is 8.67. The molecule has 0 saturated heterocycles. The van der Waals surface area contributed by atoms with Gasteiger partial charge in [-0.3, -0.25) is 0 Å². The lowest BCUT2D eigenvalue weighted by Crippen LogP contribution is -2.19. The van der Waals surface area contributed by atoms with Gasteiger partial charge in [0.05, 0.1) is 11.9 Å². The molecular formula is C9H14N4O. The number of nitrogens with zero attached hydrogens (tertiary/aromatic N) is 1. The summed E-state index contributed by atoms with van der Waals surface area (Å²) in [6.45, 7) is -0.265. The molecule has 5 heteroatoms. The van der Waals surface area contributed by atoms with Crippen molar-refractivity contribution in [1.29, 1.82) is 0 Å². The minimum Gasteiger partial charge on any atom is -0.388 e. The average Bonchev–Trinajstić information content (AvgIpc) is 2.18. The molecule has 1 aromatic rings. The zero-order valence-corrected chi connectivity index (χ0v) is 7.72. The van der Waals surface area contributed by atoms with E-state index in [2.05, 4.69) is 4.99 Å². The summed E-state index contributed by atoms with van der Waals surface area (Å²) in [5.74, 6) is 0.160. The molecule has 1 aromatic carbocycles. The van der Waals surface area contributed by atoms with Crippen molar-refractivity contribution in [3.05, 3.63) is 29.8 Å². The Morgan fingerprint density at radius 3 is 2.71 bits per heavy atom. The summed E-state index contributed by atoms with van der Waals surface area (Å²) in [6, 6.07) is 7.08. The normalized spacial score (nSPS) is 12.1. The SMILES string of the molecule is NC(CO)=Nc1cccc(C(N)N)c1. The Labute approximate surface area is 82.2 Å². The first-order valence-corrected chi connectivity index (χ1v) is 4.18. The molecule has 0 unspecified atom stereocenters. The van der Waals surface area contributed by atoms with Crippen molar-refractivity contribution in [3.8, 4) is 0 Å². The minimum absolute atomic E-state index is 0.160. The van der Waals surface area contributed by atoms with Gasteiger partial charge < -0.3 is 22.3 Å². The van der Waals surface area contributed by atoms with Gasteiger partial charge in [-0.1, -0.05) is 12.1 Å². The molecular weight excluding hydrogens is 180 g/mol. The van der Waals surface area contributed by atoms with Crippen molar-refractivity contribution >= 4 is 11.5 Å². The van der Waals surface area contributed by atoms with Crippen LogP contribution in [0.3, 0.4) is 0 Å². The van der Waals surface area contributed by atoms with Crippen molar-refractivity contribution in [2.24, 2.45) is 22.2 Å². The first kappa shape index (κ1) is 10.6. The largest absolute Gasteiger partial charge is 0.388 e. The monoisotopic (exact) mass is 194 g/mol. The number of aliphatic imine (C=N–C) groups is 1. The molecule has 0 aromatic heterocycles. The van der Waals surface area contributed by atoms with Crippen molar-refractivity contribution in [2.45, 2.75) is 6.17 Å². The lowest BCUT2D eigenvalue weighted by Gasteiger charge is -2.05. The maximum atomic E-state index is 8.67. The van der Waals surface area contributed by atoms with E-state index in [-0.39, 0.29) is 12.4 Å². The fourth-order valence-electron chi connectivity index (χ4n) is 1.00. The fourth-order valence-corrected chi connectivity index (χ4v) is 1.00. The molecule has 0 bridgehead atoms. The topological polar surface area (TPSA) is 111 Å². The number of aliphatic hydroxyl groups excluding tert-OH is 1. The lowest BCUT2D eigenvalue weighted by molar-refractivity contribution is 0.356. The Kier molecular flexibility index (Phi) is 3.58. The summed E-state index contributed by atoms with van der Waals surface area (Å²) < 4.78 is 0. The van der Waals surface area contributed by atoms with Crippen LogP contribution in [-0.4, -0.2) is 17.5 Å². The van der Waals surface area contributed by atoms with Crippen molar-refractivity contribution in [3.63, 3.8) is 0 Å². The number of aliphatic hydroxyl groups is 1. The smallest absolute Gasteiger partial charge is 0.125 e. The zero-order chi connectivity index (χ0) is 10.6. The van der Waals surface area contributed by atoms with E-state index in [0.29, 0.717) is 5.69 Å². The number of rotatable bonds is 3. The highest BCUT2D eigenvalue weighted by molar-refractivity contribution is 5.84. The molecule has 0 spiro atoms. The molecule has 0 aliphatic heterocycles.